The van der Waals surface area contributed by atoms with Crippen LogP contribution in [0.25, 0.3) is 0 Å². The van der Waals surface area contributed by atoms with Crippen LogP contribution in [0.3, 0.4) is 0 Å². The van der Waals surface area contributed by atoms with E-state index in [1.54, 1.807) is 6.07 Å². The van der Waals surface area contributed by atoms with E-state index in [1.165, 1.54) is 6.20 Å². The van der Waals surface area contributed by atoms with Gasteiger partial charge in [-0.15, -0.1) is 0 Å². The smallest absolute Gasteiger partial charge is 0.222 e. The summed E-state index contributed by atoms with van der Waals surface area (Å²) in [5, 5.41) is 0. The number of para-hydroxylation sites is 2. The van der Waals surface area contributed by atoms with E-state index in [9.17, 15) is 4.79 Å². The molecule has 1 aromatic carbocycles. The molecule has 2 rings (SSSR count). The fourth-order valence-corrected chi connectivity index (χ4v) is 1.67. The molecule has 1 heterocycles. The van der Waals surface area contributed by atoms with Crippen LogP contribution in [-0.4, -0.2) is 17.9 Å². The van der Waals surface area contributed by atoms with E-state index in [0.717, 1.165) is 11.8 Å². The van der Waals surface area contributed by atoms with Gasteiger partial charge in [0.05, 0.1) is 6.61 Å². The summed E-state index contributed by atoms with van der Waals surface area (Å²) in [6.07, 6.45) is 2.25. The summed E-state index contributed by atoms with van der Waals surface area (Å²) in [6.45, 7) is 4.33. The van der Waals surface area contributed by atoms with Crippen LogP contribution in [0.4, 0.5) is 0 Å². The summed E-state index contributed by atoms with van der Waals surface area (Å²) in [5.41, 5.74) is 1.33. The molecule has 0 aliphatic rings. The number of pyridine rings is 1. The highest BCUT2D eigenvalue weighted by atomic mass is 16.5. The summed E-state index contributed by atoms with van der Waals surface area (Å²) in [7, 11) is 0. The first-order valence-electron chi connectivity index (χ1n) is 6.06. The van der Waals surface area contributed by atoms with E-state index < -0.39 is 0 Å². The maximum Gasteiger partial charge on any atom is 0.222 e. The molecule has 4 nitrogen and oxygen atoms in total. The zero-order valence-electron chi connectivity index (χ0n) is 10.9. The summed E-state index contributed by atoms with van der Waals surface area (Å²) in [5.74, 6) is 1.75. The van der Waals surface area contributed by atoms with Gasteiger partial charge in [-0.2, -0.15) is 0 Å². The second-order valence-corrected chi connectivity index (χ2v) is 3.99. The highest BCUT2D eigenvalue weighted by Crippen LogP contribution is 2.31. The lowest BCUT2D eigenvalue weighted by atomic mass is 10.2. The Labute approximate surface area is 112 Å². The minimum absolute atomic E-state index is 0.470. The number of aromatic nitrogens is 1. The largest absolute Gasteiger partial charge is 0.490 e. The van der Waals surface area contributed by atoms with Crippen molar-refractivity contribution < 1.29 is 14.3 Å². The fourth-order valence-electron chi connectivity index (χ4n) is 1.67. The van der Waals surface area contributed by atoms with Crippen molar-refractivity contribution in [2.45, 2.75) is 13.8 Å². The van der Waals surface area contributed by atoms with Crippen LogP contribution in [0.2, 0.25) is 0 Å². The molecular weight excluding hydrogens is 242 g/mol. The van der Waals surface area contributed by atoms with E-state index >= 15 is 0 Å². The maximum absolute atomic E-state index is 10.7. The van der Waals surface area contributed by atoms with Gasteiger partial charge in [0.25, 0.3) is 0 Å². The van der Waals surface area contributed by atoms with Gasteiger partial charge >= 0.3 is 0 Å². The molecule has 19 heavy (non-hydrogen) atoms. The van der Waals surface area contributed by atoms with Gasteiger partial charge in [-0.25, -0.2) is 4.98 Å². The van der Waals surface area contributed by atoms with Crippen molar-refractivity contribution in [3.63, 3.8) is 0 Å². The Bertz CT molecular complexity index is 581. The molecule has 0 fully saturated rings. The summed E-state index contributed by atoms with van der Waals surface area (Å²) < 4.78 is 11.2. The lowest BCUT2D eigenvalue weighted by molar-refractivity contribution is 0.112. The van der Waals surface area contributed by atoms with Gasteiger partial charge in [-0.3, -0.25) is 4.79 Å². The molecule has 0 saturated carbocycles. The van der Waals surface area contributed by atoms with E-state index in [4.69, 9.17) is 9.47 Å². The Morgan fingerprint density at radius 1 is 1.26 bits per heavy atom. The van der Waals surface area contributed by atoms with Gasteiger partial charge in [-0.1, -0.05) is 12.1 Å². The average molecular weight is 257 g/mol. The average Bonchev–Trinajstić information content (AvgIpc) is 2.43. The van der Waals surface area contributed by atoms with E-state index in [-0.39, 0.29) is 0 Å². The molecule has 0 radical (unpaired) electrons. The Morgan fingerprint density at radius 3 is 2.63 bits per heavy atom. The molecule has 98 valence electrons. The Kier molecular flexibility index (Phi) is 4.13. The van der Waals surface area contributed by atoms with Crippen molar-refractivity contribution in [2.75, 3.05) is 6.61 Å². The first-order valence-corrected chi connectivity index (χ1v) is 6.06. The topological polar surface area (TPSA) is 48.4 Å². The summed E-state index contributed by atoms with van der Waals surface area (Å²) in [6, 6.07) is 9.15. The molecule has 4 heteroatoms. The molecule has 0 saturated heterocycles. The fraction of sp³-hybridized carbons (Fsp3) is 0.200. The number of benzene rings is 1. The van der Waals surface area contributed by atoms with Gasteiger partial charge in [0.15, 0.2) is 17.8 Å². The predicted octanol–water partition coefficient (Wildman–Crippen LogP) is 3.39. The number of nitrogens with zero attached hydrogens (tertiary/aromatic N) is 1. The van der Waals surface area contributed by atoms with Gasteiger partial charge in [0.1, 0.15) is 0 Å². The third-order valence-corrected chi connectivity index (χ3v) is 2.54. The van der Waals surface area contributed by atoms with Crippen molar-refractivity contribution >= 4 is 6.29 Å². The Hall–Kier alpha value is -2.36. The van der Waals surface area contributed by atoms with E-state index in [2.05, 4.69) is 4.98 Å². The Morgan fingerprint density at radius 2 is 2.00 bits per heavy atom. The van der Waals surface area contributed by atoms with Gasteiger partial charge in [0.2, 0.25) is 5.88 Å². The van der Waals surface area contributed by atoms with Crippen LogP contribution in [0, 0.1) is 6.92 Å². The molecule has 0 aliphatic heterocycles. The number of hydrogen-bond acceptors (Lipinski definition) is 4. The molecule has 2 aromatic rings. The van der Waals surface area contributed by atoms with Crippen LogP contribution < -0.4 is 9.47 Å². The van der Waals surface area contributed by atoms with Crippen LogP contribution >= 0.6 is 0 Å². The molecule has 0 aliphatic carbocycles. The first kappa shape index (κ1) is 13.1. The molecule has 0 atom stereocenters. The third kappa shape index (κ3) is 3.10. The highest BCUT2D eigenvalue weighted by Gasteiger charge is 2.08. The Balaban J connectivity index is 2.28. The van der Waals surface area contributed by atoms with Crippen LogP contribution in [0.5, 0.6) is 17.4 Å². The number of aldehydes is 1. The summed E-state index contributed by atoms with van der Waals surface area (Å²) in [4.78, 5) is 14.8. The van der Waals surface area contributed by atoms with E-state index in [1.807, 2.05) is 38.1 Å². The molecule has 0 bridgehead atoms. The zero-order chi connectivity index (χ0) is 13.7. The molecule has 0 unspecified atom stereocenters. The number of ether oxygens (including phenoxy) is 2. The number of hydrogen-bond donors (Lipinski definition) is 0. The summed E-state index contributed by atoms with van der Waals surface area (Å²) >= 11 is 0. The number of aryl methyl sites for hydroxylation is 1. The van der Waals surface area contributed by atoms with Crippen molar-refractivity contribution in [3.8, 4) is 17.4 Å². The lowest BCUT2D eigenvalue weighted by Gasteiger charge is -2.12. The van der Waals surface area contributed by atoms with Crippen LogP contribution in [-0.2, 0) is 0 Å². The SMILES string of the molecule is CCOc1ccccc1Oc1ncc(C=O)cc1C. The second kappa shape index (κ2) is 6.00. The number of carbonyl (C=O) groups excluding carboxylic acids is 1. The van der Waals surface area contributed by atoms with E-state index in [0.29, 0.717) is 29.5 Å². The van der Waals surface area contributed by atoms with Crippen LogP contribution in [0.15, 0.2) is 36.5 Å². The molecule has 0 amide bonds. The van der Waals surface area contributed by atoms with Crippen LogP contribution in [0.1, 0.15) is 22.8 Å². The molecule has 1 aromatic heterocycles. The zero-order valence-corrected chi connectivity index (χ0v) is 10.9. The van der Waals surface area contributed by atoms with Gasteiger partial charge in [0, 0.05) is 17.3 Å². The lowest BCUT2D eigenvalue weighted by Crippen LogP contribution is -1.97. The monoisotopic (exact) mass is 257 g/mol. The molecule has 0 N–H and O–H groups in total. The van der Waals surface area contributed by atoms with Gasteiger partial charge in [-0.05, 0) is 32.0 Å². The third-order valence-electron chi connectivity index (χ3n) is 2.54. The van der Waals surface area contributed by atoms with Crippen molar-refractivity contribution in [2.24, 2.45) is 0 Å². The first-order chi connectivity index (χ1) is 9.24. The normalized spacial score (nSPS) is 10.0. The second-order valence-electron chi connectivity index (χ2n) is 3.99. The standard InChI is InChI=1S/C15H15NO3/c1-3-18-13-6-4-5-7-14(13)19-15-11(2)8-12(10-17)9-16-15/h4-10H,3H2,1-2H3. The number of carbonyl (C=O) groups is 1. The maximum atomic E-state index is 10.7. The van der Waals surface area contributed by atoms with Crippen molar-refractivity contribution in [1.29, 1.82) is 0 Å². The predicted molar refractivity (Wildman–Crippen MR) is 72.0 cm³/mol. The van der Waals surface area contributed by atoms with Gasteiger partial charge < -0.3 is 9.47 Å². The van der Waals surface area contributed by atoms with Crippen molar-refractivity contribution in [3.05, 3.63) is 47.7 Å². The van der Waals surface area contributed by atoms with Crippen molar-refractivity contribution in [1.82, 2.24) is 4.98 Å². The number of rotatable bonds is 5. The molecule has 0 spiro atoms. The highest BCUT2D eigenvalue weighted by molar-refractivity contribution is 5.74. The quantitative estimate of drug-likeness (QED) is 0.770. The minimum atomic E-state index is 0.470. The minimum Gasteiger partial charge on any atom is -0.490 e. The molecular formula is C15H15NO3.